The van der Waals surface area contributed by atoms with Crippen molar-refractivity contribution in [3.05, 3.63) is 12.2 Å². The third-order valence-electron chi connectivity index (χ3n) is 3.78. The monoisotopic (exact) mass is 178 g/mol. The van der Waals surface area contributed by atoms with Crippen LogP contribution in [0, 0.1) is 17.3 Å². The van der Waals surface area contributed by atoms with Crippen molar-refractivity contribution in [3.8, 4) is 0 Å². The molecule has 13 heavy (non-hydrogen) atoms. The molecule has 0 radical (unpaired) electrons. The van der Waals surface area contributed by atoms with Gasteiger partial charge in [0.05, 0.1) is 0 Å². The molecular weight excluding hydrogens is 160 g/mol. The van der Waals surface area contributed by atoms with E-state index in [4.69, 9.17) is 0 Å². The van der Waals surface area contributed by atoms with Crippen LogP contribution in [0.5, 0.6) is 0 Å². The summed E-state index contributed by atoms with van der Waals surface area (Å²) in [5, 5.41) is 0. The van der Waals surface area contributed by atoms with Gasteiger partial charge in [-0.2, -0.15) is 0 Å². The molecule has 3 unspecified atom stereocenters. The summed E-state index contributed by atoms with van der Waals surface area (Å²) in [7, 11) is 0. The molecule has 0 amide bonds. The molecule has 0 N–H and O–H groups in total. The van der Waals surface area contributed by atoms with Crippen LogP contribution in [0.4, 0.5) is 0 Å². The van der Waals surface area contributed by atoms with Crippen LogP contribution in [-0.4, -0.2) is 6.29 Å². The lowest BCUT2D eigenvalue weighted by molar-refractivity contribution is -0.118. The van der Waals surface area contributed by atoms with Gasteiger partial charge in [0.1, 0.15) is 6.29 Å². The van der Waals surface area contributed by atoms with Crippen LogP contribution in [0.3, 0.4) is 0 Å². The van der Waals surface area contributed by atoms with Crippen molar-refractivity contribution in [3.63, 3.8) is 0 Å². The maximum Gasteiger partial charge on any atom is 0.126 e. The molecule has 2 aliphatic carbocycles. The highest BCUT2D eigenvalue weighted by atomic mass is 16.1. The standard InChI is InChI=1S/C12H18O/c1-2-3-6-12(9-13)8-10-4-5-11(12)7-10/h4-5,9-11H,2-3,6-8H2,1H3. The van der Waals surface area contributed by atoms with Gasteiger partial charge < -0.3 is 4.79 Å². The fraction of sp³-hybridized carbons (Fsp3) is 0.750. The van der Waals surface area contributed by atoms with Gasteiger partial charge in [-0.3, -0.25) is 0 Å². The summed E-state index contributed by atoms with van der Waals surface area (Å²) in [6, 6.07) is 0. The highest BCUT2D eigenvalue weighted by Crippen LogP contribution is 2.53. The van der Waals surface area contributed by atoms with E-state index in [1.54, 1.807) is 0 Å². The van der Waals surface area contributed by atoms with E-state index in [1.165, 1.54) is 25.5 Å². The Morgan fingerprint density at radius 3 is 2.85 bits per heavy atom. The zero-order valence-corrected chi connectivity index (χ0v) is 8.33. The van der Waals surface area contributed by atoms with Gasteiger partial charge in [0.25, 0.3) is 0 Å². The Labute approximate surface area is 80.2 Å². The molecule has 2 bridgehead atoms. The van der Waals surface area contributed by atoms with Crippen molar-refractivity contribution in [2.45, 2.75) is 39.0 Å². The van der Waals surface area contributed by atoms with Gasteiger partial charge in [-0.05, 0) is 31.1 Å². The normalized spacial score (nSPS) is 41.3. The second-order valence-corrected chi connectivity index (χ2v) is 4.65. The minimum atomic E-state index is 0.0371. The van der Waals surface area contributed by atoms with Crippen molar-refractivity contribution in [2.24, 2.45) is 17.3 Å². The lowest BCUT2D eigenvalue weighted by Crippen LogP contribution is -2.27. The number of unbranched alkanes of at least 4 members (excludes halogenated alkanes) is 1. The van der Waals surface area contributed by atoms with E-state index in [1.807, 2.05) is 0 Å². The zero-order valence-electron chi connectivity index (χ0n) is 8.33. The summed E-state index contributed by atoms with van der Waals surface area (Å²) in [6.07, 6.45) is 11.7. The number of allylic oxidation sites excluding steroid dienone is 2. The predicted octanol–water partition coefficient (Wildman–Crippen LogP) is 2.96. The Morgan fingerprint density at radius 1 is 1.54 bits per heavy atom. The predicted molar refractivity (Wildman–Crippen MR) is 53.4 cm³/mol. The molecule has 1 nitrogen and oxygen atoms in total. The smallest absolute Gasteiger partial charge is 0.126 e. The molecule has 1 fully saturated rings. The lowest BCUT2D eigenvalue weighted by Gasteiger charge is -2.29. The molecule has 0 saturated heterocycles. The molecule has 1 saturated carbocycles. The summed E-state index contributed by atoms with van der Waals surface area (Å²) >= 11 is 0. The molecule has 0 spiro atoms. The number of carbonyl (C=O) groups is 1. The summed E-state index contributed by atoms with van der Waals surface area (Å²) in [6.45, 7) is 2.20. The van der Waals surface area contributed by atoms with Gasteiger partial charge >= 0.3 is 0 Å². The average Bonchev–Trinajstić information content (AvgIpc) is 2.74. The summed E-state index contributed by atoms with van der Waals surface area (Å²) in [5.41, 5.74) is 0.0371. The second-order valence-electron chi connectivity index (χ2n) is 4.65. The van der Waals surface area contributed by atoms with Crippen LogP contribution < -0.4 is 0 Å². The highest BCUT2D eigenvalue weighted by Gasteiger charge is 2.47. The first-order chi connectivity index (χ1) is 6.30. The summed E-state index contributed by atoms with van der Waals surface area (Å²) in [4.78, 5) is 11.2. The van der Waals surface area contributed by atoms with Crippen LogP contribution in [0.2, 0.25) is 0 Å². The van der Waals surface area contributed by atoms with E-state index in [0.29, 0.717) is 11.8 Å². The number of aldehydes is 1. The lowest BCUT2D eigenvalue weighted by atomic mass is 9.73. The first-order valence-electron chi connectivity index (χ1n) is 5.45. The molecule has 0 aromatic rings. The summed E-state index contributed by atoms with van der Waals surface area (Å²) < 4.78 is 0. The van der Waals surface area contributed by atoms with Crippen LogP contribution in [0.1, 0.15) is 39.0 Å². The minimum Gasteiger partial charge on any atom is -0.303 e. The van der Waals surface area contributed by atoms with Crippen LogP contribution in [0.25, 0.3) is 0 Å². The first-order valence-corrected chi connectivity index (χ1v) is 5.45. The SMILES string of the molecule is CCCCC1(C=O)CC2C=CC1C2. The Kier molecular flexibility index (Phi) is 2.27. The zero-order chi connectivity index (χ0) is 9.31. The third-order valence-corrected chi connectivity index (χ3v) is 3.78. The number of hydrogen-bond acceptors (Lipinski definition) is 1. The van der Waals surface area contributed by atoms with E-state index in [0.717, 1.165) is 12.8 Å². The first kappa shape index (κ1) is 8.98. The van der Waals surface area contributed by atoms with Gasteiger partial charge in [-0.25, -0.2) is 0 Å². The Morgan fingerprint density at radius 2 is 2.38 bits per heavy atom. The molecule has 2 rings (SSSR count). The molecule has 72 valence electrons. The van der Waals surface area contributed by atoms with Gasteiger partial charge in [-0.15, -0.1) is 0 Å². The molecule has 0 aliphatic heterocycles. The second kappa shape index (κ2) is 3.28. The Balaban J connectivity index is 2.08. The molecule has 0 heterocycles. The maximum absolute atomic E-state index is 11.2. The van der Waals surface area contributed by atoms with Gasteiger partial charge in [0, 0.05) is 5.41 Å². The Bertz CT molecular complexity index is 231. The van der Waals surface area contributed by atoms with Crippen molar-refractivity contribution in [1.82, 2.24) is 0 Å². The van der Waals surface area contributed by atoms with E-state index >= 15 is 0 Å². The van der Waals surface area contributed by atoms with Crippen LogP contribution >= 0.6 is 0 Å². The number of fused-ring (bicyclic) bond motifs is 2. The largest absolute Gasteiger partial charge is 0.303 e. The topological polar surface area (TPSA) is 17.1 Å². The fourth-order valence-electron chi connectivity index (χ4n) is 2.98. The number of carbonyl (C=O) groups excluding carboxylic acids is 1. The number of hydrogen-bond donors (Lipinski definition) is 0. The fourth-order valence-corrected chi connectivity index (χ4v) is 2.98. The molecule has 3 atom stereocenters. The van der Waals surface area contributed by atoms with E-state index < -0.39 is 0 Å². The van der Waals surface area contributed by atoms with Crippen LogP contribution in [0.15, 0.2) is 12.2 Å². The van der Waals surface area contributed by atoms with Gasteiger partial charge in [-0.1, -0.05) is 31.9 Å². The van der Waals surface area contributed by atoms with Gasteiger partial charge in [0.15, 0.2) is 0 Å². The van der Waals surface area contributed by atoms with E-state index in [2.05, 4.69) is 19.1 Å². The summed E-state index contributed by atoms with van der Waals surface area (Å²) in [5.74, 6) is 1.29. The average molecular weight is 178 g/mol. The molecular formula is C12H18O. The van der Waals surface area contributed by atoms with E-state index in [-0.39, 0.29) is 5.41 Å². The molecule has 0 aromatic carbocycles. The van der Waals surface area contributed by atoms with Crippen molar-refractivity contribution >= 4 is 6.29 Å². The van der Waals surface area contributed by atoms with Crippen molar-refractivity contribution in [1.29, 1.82) is 0 Å². The molecule has 1 heteroatoms. The quantitative estimate of drug-likeness (QED) is 0.478. The molecule has 0 aromatic heterocycles. The molecule has 2 aliphatic rings. The third kappa shape index (κ3) is 1.34. The Hall–Kier alpha value is -0.590. The number of rotatable bonds is 4. The van der Waals surface area contributed by atoms with E-state index in [9.17, 15) is 4.79 Å². The minimum absolute atomic E-state index is 0.0371. The van der Waals surface area contributed by atoms with Gasteiger partial charge in [0.2, 0.25) is 0 Å². The van der Waals surface area contributed by atoms with Crippen molar-refractivity contribution < 1.29 is 4.79 Å². The maximum atomic E-state index is 11.2. The highest BCUT2D eigenvalue weighted by molar-refractivity contribution is 5.62. The van der Waals surface area contributed by atoms with Crippen LogP contribution in [-0.2, 0) is 4.79 Å². The van der Waals surface area contributed by atoms with Crippen molar-refractivity contribution in [2.75, 3.05) is 0 Å².